The minimum Gasteiger partial charge on any atom is -0.496 e. The largest absolute Gasteiger partial charge is 0.496 e. The first-order valence-corrected chi connectivity index (χ1v) is 15.0. The second-order valence-electron chi connectivity index (χ2n) is 10.7. The third-order valence-electron chi connectivity index (χ3n) is 7.73. The molecule has 0 spiro atoms. The third kappa shape index (κ3) is 6.83. The lowest BCUT2D eigenvalue weighted by atomic mass is 9.99. The number of hydrogen-bond donors (Lipinski definition) is 1. The summed E-state index contributed by atoms with van der Waals surface area (Å²) in [5.74, 6) is 0.224. The van der Waals surface area contributed by atoms with Crippen LogP contribution in [-0.4, -0.2) is 57.1 Å². The molecular weight excluding hydrogens is 546 g/mol. The molecule has 0 aliphatic carbocycles. The number of benzene rings is 3. The number of amides is 1. The Morgan fingerprint density at radius 1 is 0.976 bits per heavy atom. The van der Waals surface area contributed by atoms with Crippen molar-refractivity contribution in [2.45, 2.75) is 26.5 Å². The maximum atomic E-state index is 13.4. The fourth-order valence-electron chi connectivity index (χ4n) is 5.07. The van der Waals surface area contributed by atoms with Crippen molar-refractivity contribution < 1.29 is 19.1 Å². The third-order valence-corrected chi connectivity index (χ3v) is 8.64. The number of ether oxygens (including phenoxy) is 2. The van der Waals surface area contributed by atoms with Crippen LogP contribution in [0.3, 0.4) is 0 Å². The summed E-state index contributed by atoms with van der Waals surface area (Å²) in [6.07, 6.45) is 0. The van der Waals surface area contributed by atoms with Crippen LogP contribution in [0.1, 0.15) is 49.7 Å². The molecule has 218 valence electrons. The Balaban J connectivity index is 1.30. The molecule has 4 aromatic rings. The van der Waals surface area contributed by atoms with E-state index in [9.17, 15) is 9.59 Å². The Morgan fingerprint density at radius 2 is 1.74 bits per heavy atom. The highest BCUT2D eigenvalue weighted by molar-refractivity contribution is 7.12. The molecule has 8 heteroatoms. The molecule has 0 unspecified atom stereocenters. The number of rotatable bonds is 9. The molecule has 0 bridgehead atoms. The number of likely N-dealkylation sites (N-methyl/N-ethyl adjacent to an activating group) is 1. The molecule has 1 aromatic heterocycles. The Morgan fingerprint density at radius 3 is 2.48 bits per heavy atom. The molecule has 3 aromatic carbocycles. The van der Waals surface area contributed by atoms with Gasteiger partial charge in [-0.15, -0.1) is 11.3 Å². The van der Waals surface area contributed by atoms with Crippen LogP contribution < -0.4 is 15.0 Å². The van der Waals surface area contributed by atoms with Gasteiger partial charge in [-0.2, -0.15) is 0 Å². The highest BCUT2D eigenvalue weighted by atomic mass is 32.1. The molecule has 42 heavy (non-hydrogen) atoms. The number of piperazine rings is 1. The summed E-state index contributed by atoms with van der Waals surface area (Å²) in [7, 11) is 3.76. The molecule has 5 rings (SSSR count). The van der Waals surface area contributed by atoms with Crippen molar-refractivity contribution in [3.8, 4) is 16.9 Å². The van der Waals surface area contributed by atoms with Gasteiger partial charge in [-0.25, -0.2) is 4.79 Å². The van der Waals surface area contributed by atoms with Gasteiger partial charge in [0.2, 0.25) is 0 Å². The number of thiophene rings is 1. The number of anilines is 1. The first-order chi connectivity index (χ1) is 20.3. The van der Waals surface area contributed by atoms with Crippen LogP contribution >= 0.6 is 11.3 Å². The summed E-state index contributed by atoms with van der Waals surface area (Å²) < 4.78 is 11.2. The van der Waals surface area contributed by atoms with Crippen molar-refractivity contribution in [1.82, 2.24) is 10.2 Å². The van der Waals surface area contributed by atoms with Gasteiger partial charge in [-0.05, 0) is 78.9 Å². The molecule has 1 saturated heterocycles. The normalized spacial score (nSPS) is 14.3. The van der Waals surface area contributed by atoms with E-state index < -0.39 is 0 Å². The van der Waals surface area contributed by atoms with Gasteiger partial charge in [-0.3, -0.25) is 4.79 Å². The Kier molecular flexibility index (Phi) is 9.25. The summed E-state index contributed by atoms with van der Waals surface area (Å²) >= 11 is 1.34. The van der Waals surface area contributed by atoms with Gasteiger partial charge in [-0.1, -0.05) is 42.5 Å². The molecule has 7 nitrogen and oxygen atoms in total. The van der Waals surface area contributed by atoms with E-state index in [4.69, 9.17) is 9.47 Å². The first kappa shape index (κ1) is 29.4. The Labute approximate surface area is 251 Å². The fraction of sp³-hybridized carbons (Fsp3) is 0.294. The zero-order chi connectivity index (χ0) is 29.6. The topological polar surface area (TPSA) is 71.1 Å². The number of esters is 1. The van der Waals surface area contributed by atoms with Crippen LogP contribution in [0.4, 0.5) is 5.69 Å². The van der Waals surface area contributed by atoms with E-state index in [0.717, 1.165) is 59.7 Å². The first-order valence-electron chi connectivity index (χ1n) is 14.2. The minimum atomic E-state index is -0.361. The number of carbonyl (C=O) groups excluding carboxylic acids is 2. The molecule has 1 fully saturated rings. The van der Waals surface area contributed by atoms with Crippen LogP contribution in [0, 0.1) is 6.92 Å². The van der Waals surface area contributed by atoms with Crippen LogP contribution in [0.15, 0.2) is 78.2 Å². The number of nitrogens with one attached hydrogen (secondary N) is 1. The van der Waals surface area contributed by atoms with Gasteiger partial charge < -0.3 is 24.6 Å². The number of nitrogens with zero attached hydrogens (tertiary/aromatic N) is 2. The zero-order valence-corrected chi connectivity index (χ0v) is 25.4. The smallest absolute Gasteiger partial charge is 0.348 e. The maximum absolute atomic E-state index is 13.4. The van der Waals surface area contributed by atoms with E-state index in [1.54, 1.807) is 7.11 Å². The highest BCUT2D eigenvalue weighted by Crippen LogP contribution is 2.35. The quantitative estimate of drug-likeness (QED) is 0.232. The number of hydrogen-bond acceptors (Lipinski definition) is 7. The molecule has 2 heterocycles. The summed E-state index contributed by atoms with van der Waals surface area (Å²) in [6, 6.07) is 23.2. The lowest BCUT2D eigenvalue weighted by molar-refractivity contribution is 0.0478. The summed E-state index contributed by atoms with van der Waals surface area (Å²) in [4.78, 5) is 31.3. The lowest BCUT2D eigenvalue weighted by Crippen LogP contribution is -2.44. The van der Waals surface area contributed by atoms with E-state index in [0.29, 0.717) is 16.2 Å². The maximum Gasteiger partial charge on any atom is 0.348 e. The van der Waals surface area contributed by atoms with Gasteiger partial charge in [0.15, 0.2) is 0 Å². The van der Waals surface area contributed by atoms with Crippen LogP contribution in [-0.2, 0) is 11.3 Å². The Hall–Kier alpha value is -4.14. The summed E-state index contributed by atoms with van der Waals surface area (Å²) in [5, 5.41) is 5.11. The zero-order valence-electron chi connectivity index (χ0n) is 24.6. The predicted molar refractivity (Wildman–Crippen MR) is 169 cm³/mol. The summed E-state index contributed by atoms with van der Waals surface area (Å²) in [6.45, 7) is 8.07. The number of methoxy groups -OCH3 is 1. The molecule has 1 amide bonds. The van der Waals surface area contributed by atoms with E-state index >= 15 is 0 Å². The Bertz CT molecular complexity index is 1540. The van der Waals surface area contributed by atoms with Crippen molar-refractivity contribution in [3.05, 3.63) is 105 Å². The predicted octanol–water partition coefficient (Wildman–Crippen LogP) is 6.33. The van der Waals surface area contributed by atoms with Gasteiger partial charge >= 0.3 is 5.97 Å². The van der Waals surface area contributed by atoms with Crippen LogP contribution in [0.25, 0.3) is 11.1 Å². The van der Waals surface area contributed by atoms with Crippen LogP contribution in [0.5, 0.6) is 5.75 Å². The average Bonchev–Trinajstić information content (AvgIpc) is 3.51. The van der Waals surface area contributed by atoms with Gasteiger partial charge in [0.05, 0.1) is 13.2 Å². The second kappa shape index (κ2) is 13.2. The van der Waals surface area contributed by atoms with Crippen molar-refractivity contribution >= 4 is 28.9 Å². The molecule has 1 atom stereocenters. The van der Waals surface area contributed by atoms with Gasteiger partial charge in [0.25, 0.3) is 5.91 Å². The van der Waals surface area contributed by atoms with Crippen molar-refractivity contribution in [2.24, 2.45) is 0 Å². The molecular formula is C34H37N3O4S. The minimum absolute atomic E-state index is 0.104. The molecule has 1 N–H and O–H groups in total. The van der Waals surface area contributed by atoms with Crippen molar-refractivity contribution in [3.63, 3.8) is 0 Å². The monoisotopic (exact) mass is 583 g/mol. The van der Waals surface area contributed by atoms with Gasteiger partial charge in [0.1, 0.15) is 17.2 Å². The molecule has 0 radical (unpaired) electrons. The van der Waals surface area contributed by atoms with Gasteiger partial charge in [0, 0.05) is 43.0 Å². The number of aryl methyl sites for hydroxylation is 1. The van der Waals surface area contributed by atoms with E-state index in [1.165, 1.54) is 11.3 Å². The number of carbonyl (C=O) groups is 2. The fourth-order valence-corrected chi connectivity index (χ4v) is 5.87. The van der Waals surface area contributed by atoms with Crippen molar-refractivity contribution in [1.29, 1.82) is 0 Å². The molecule has 0 saturated carbocycles. The molecule has 1 aliphatic heterocycles. The van der Waals surface area contributed by atoms with Crippen LogP contribution in [0.2, 0.25) is 0 Å². The summed E-state index contributed by atoms with van der Waals surface area (Å²) in [5.41, 5.74) is 6.29. The highest BCUT2D eigenvalue weighted by Gasteiger charge is 2.20. The molecule has 1 aliphatic rings. The van der Waals surface area contributed by atoms with Crippen molar-refractivity contribution in [2.75, 3.05) is 45.2 Å². The standard InChI is InChI=1S/C34H37N3O4S/c1-23-10-12-28(37-16-14-36(3)15-17-37)20-29(23)33(38)35-24(2)26-11-13-31(40-4)30(18-26)27-19-32(42-22-27)34(39)41-21-25-8-6-5-7-9-25/h5-13,18-20,22,24H,14-17,21H2,1-4H3,(H,35,38)/t24-/m1/s1. The second-order valence-corrected chi connectivity index (χ2v) is 11.6. The lowest BCUT2D eigenvalue weighted by Gasteiger charge is -2.34. The van der Waals surface area contributed by atoms with E-state index in [-0.39, 0.29) is 24.5 Å². The average molecular weight is 584 g/mol. The van der Waals surface area contributed by atoms with E-state index in [1.807, 2.05) is 86.0 Å². The SMILES string of the molecule is COc1ccc([C@@H](C)NC(=O)c2cc(N3CCN(C)CC3)ccc2C)cc1-c1csc(C(=O)OCc2ccccc2)c1. The van der Waals surface area contributed by atoms with E-state index in [2.05, 4.69) is 28.2 Å².